The zero-order valence-corrected chi connectivity index (χ0v) is 9.08. The molecule has 1 heterocycles. The van der Waals surface area contributed by atoms with Crippen LogP contribution in [0, 0.1) is 5.41 Å². The standard InChI is InChI=1S/C12H19N3/c13-9-12(4-2-5-12)10-15-8-11-3-1-6-14-7-11/h1,3,6-7,15H,2,4-5,8-10,13H2. The van der Waals surface area contributed by atoms with Crippen molar-refractivity contribution in [2.75, 3.05) is 13.1 Å². The van der Waals surface area contributed by atoms with Gasteiger partial charge in [-0.05, 0) is 36.4 Å². The van der Waals surface area contributed by atoms with Gasteiger partial charge in [0.2, 0.25) is 0 Å². The second-order valence-electron chi connectivity index (χ2n) is 4.52. The summed E-state index contributed by atoms with van der Waals surface area (Å²) in [5, 5.41) is 3.48. The molecule has 0 bridgehead atoms. The van der Waals surface area contributed by atoms with Crippen LogP contribution in [0.1, 0.15) is 24.8 Å². The largest absolute Gasteiger partial charge is 0.330 e. The minimum atomic E-state index is 0.391. The van der Waals surface area contributed by atoms with E-state index in [9.17, 15) is 0 Å². The Kier molecular flexibility index (Phi) is 3.34. The SMILES string of the molecule is NCC1(CNCc2cccnc2)CCC1. The number of nitrogens with two attached hydrogens (primary N) is 1. The van der Waals surface area contributed by atoms with Crippen molar-refractivity contribution < 1.29 is 0 Å². The first-order chi connectivity index (χ1) is 7.35. The van der Waals surface area contributed by atoms with E-state index in [1.165, 1.54) is 24.8 Å². The molecule has 0 amide bonds. The predicted octanol–water partition coefficient (Wildman–Crippen LogP) is 1.30. The van der Waals surface area contributed by atoms with E-state index in [0.29, 0.717) is 5.41 Å². The number of aromatic nitrogens is 1. The first-order valence-corrected chi connectivity index (χ1v) is 5.64. The van der Waals surface area contributed by atoms with Crippen LogP contribution in [0.15, 0.2) is 24.5 Å². The van der Waals surface area contributed by atoms with Crippen LogP contribution >= 0.6 is 0 Å². The van der Waals surface area contributed by atoms with E-state index >= 15 is 0 Å². The Morgan fingerprint density at radius 3 is 2.87 bits per heavy atom. The average Bonchev–Trinajstić information content (AvgIpc) is 2.24. The Bertz CT molecular complexity index is 287. The van der Waals surface area contributed by atoms with Gasteiger partial charge in [0.05, 0.1) is 0 Å². The number of rotatable bonds is 5. The molecule has 0 aliphatic heterocycles. The molecule has 0 spiro atoms. The molecule has 0 saturated heterocycles. The number of pyridine rings is 1. The Morgan fingerprint density at radius 1 is 1.47 bits per heavy atom. The van der Waals surface area contributed by atoms with Crippen molar-refractivity contribution in [2.45, 2.75) is 25.8 Å². The smallest absolute Gasteiger partial charge is 0.0312 e. The minimum absolute atomic E-state index is 0.391. The van der Waals surface area contributed by atoms with E-state index in [2.05, 4.69) is 16.4 Å². The summed E-state index contributed by atoms with van der Waals surface area (Å²) < 4.78 is 0. The van der Waals surface area contributed by atoms with Gasteiger partial charge in [0.1, 0.15) is 0 Å². The highest BCUT2D eigenvalue weighted by Crippen LogP contribution is 2.39. The number of nitrogens with one attached hydrogen (secondary N) is 1. The Labute approximate surface area is 91.1 Å². The van der Waals surface area contributed by atoms with Crippen molar-refractivity contribution in [1.29, 1.82) is 0 Å². The van der Waals surface area contributed by atoms with Crippen LogP contribution in [0.3, 0.4) is 0 Å². The zero-order valence-electron chi connectivity index (χ0n) is 9.08. The third-order valence-corrected chi connectivity index (χ3v) is 3.40. The van der Waals surface area contributed by atoms with Crippen LogP contribution in [-0.2, 0) is 6.54 Å². The topological polar surface area (TPSA) is 50.9 Å². The van der Waals surface area contributed by atoms with Gasteiger partial charge in [-0.3, -0.25) is 4.98 Å². The molecule has 1 saturated carbocycles. The van der Waals surface area contributed by atoms with Crippen LogP contribution in [-0.4, -0.2) is 18.1 Å². The molecule has 0 aromatic carbocycles. The Hall–Kier alpha value is -0.930. The van der Waals surface area contributed by atoms with Crippen molar-refractivity contribution in [3.63, 3.8) is 0 Å². The highest BCUT2D eigenvalue weighted by molar-refractivity contribution is 5.08. The molecule has 1 aromatic rings. The lowest BCUT2D eigenvalue weighted by molar-refractivity contribution is 0.141. The summed E-state index contributed by atoms with van der Waals surface area (Å²) in [5.41, 5.74) is 7.43. The molecule has 3 nitrogen and oxygen atoms in total. The van der Waals surface area contributed by atoms with Gasteiger partial charge in [-0.1, -0.05) is 12.5 Å². The van der Waals surface area contributed by atoms with Crippen LogP contribution < -0.4 is 11.1 Å². The van der Waals surface area contributed by atoms with Gasteiger partial charge in [-0.15, -0.1) is 0 Å². The average molecular weight is 205 g/mol. The van der Waals surface area contributed by atoms with E-state index in [4.69, 9.17) is 5.73 Å². The lowest BCUT2D eigenvalue weighted by atomic mass is 9.69. The summed E-state index contributed by atoms with van der Waals surface area (Å²) in [4.78, 5) is 4.09. The van der Waals surface area contributed by atoms with Crippen LogP contribution in [0.5, 0.6) is 0 Å². The molecule has 1 aliphatic carbocycles. The molecule has 82 valence electrons. The monoisotopic (exact) mass is 205 g/mol. The molecule has 3 heteroatoms. The molecule has 0 radical (unpaired) electrons. The number of nitrogens with zero attached hydrogens (tertiary/aromatic N) is 1. The molecule has 0 unspecified atom stereocenters. The van der Waals surface area contributed by atoms with Gasteiger partial charge in [-0.2, -0.15) is 0 Å². The molecule has 1 aromatic heterocycles. The van der Waals surface area contributed by atoms with Crippen LogP contribution in [0.25, 0.3) is 0 Å². The summed E-state index contributed by atoms with van der Waals surface area (Å²) >= 11 is 0. The summed E-state index contributed by atoms with van der Waals surface area (Å²) in [6, 6.07) is 4.06. The predicted molar refractivity (Wildman–Crippen MR) is 61.3 cm³/mol. The van der Waals surface area contributed by atoms with Crippen molar-refractivity contribution in [3.8, 4) is 0 Å². The lowest BCUT2D eigenvalue weighted by Crippen LogP contribution is -2.45. The first-order valence-electron chi connectivity index (χ1n) is 5.64. The fourth-order valence-electron chi connectivity index (χ4n) is 2.10. The Morgan fingerprint density at radius 2 is 2.33 bits per heavy atom. The third-order valence-electron chi connectivity index (χ3n) is 3.40. The van der Waals surface area contributed by atoms with Gasteiger partial charge >= 0.3 is 0 Å². The van der Waals surface area contributed by atoms with Gasteiger partial charge in [0.15, 0.2) is 0 Å². The van der Waals surface area contributed by atoms with E-state index in [1.807, 2.05) is 12.3 Å². The second kappa shape index (κ2) is 4.73. The maximum atomic E-state index is 5.80. The number of hydrogen-bond acceptors (Lipinski definition) is 3. The maximum absolute atomic E-state index is 5.80. The minimum Gasteiger partial charge on any atom is -0.330 e. The van der Waals surface area contributed by atoms with E-state index in [0.717, 1.165) is 19.6 Å². The normalized spacial score (nSPS) is 18.5. The second-order valence-corrected chi connectivity index (χ2v) is 4.52. The van der Waals surface area contributed by atoms with Crippen molar-refractivity contribution in [1.82, 2.24) is 10.3 Å². The summed E-state index contributed by atoms with van der Waals surface area (Å²) in [6.07, 6.45) is 7.61. The van der Waals surface area contributed by atoms with Crippen molar-refractivity contribution in [3.05, 3.63) is 30.1 Å². The zero-order chi connectivity index (χ0) is 10.6. The third kappa shape index (κ3) is 2.55. The van der Waals surface area contributed by atoms with E-state index < -0.39 is 0 Å². The molecule has 0 atom stereocenters. The van der Waals surface area contributed by atoms with Gasteiger partial charge in [0.25, 0.3) is 0 Å². The van der Waals surface area contributed by atoms with Gasteiger partial charge in [-0.25, -0.2) is 0 Å². The molecule has 1 aliphatic rings. The van der Waals surface area contributed by atoms with E-state index in [1.54, 1.807) is 6.20 Å². The molecular formula is C12H19N3. The molecule has 1 fully saturated rings. The maximum Gasteiger partial charge on any atom is 0.0312 e. The number of hydrogen-bond donors (Lipinski definition) is 2. The lowest BCUT2D eigenvalue weighted by Gasteiger charge is -2.41. The van der Waals surface area contributed by atoms with Crippen LogP contribution in [0.4, 0.5) is 0 Å². The first kappa shape index (κ1) is 10.6. The molecular weight excluding hydrogens is 186 g/mol. The molecule has 2 rings (SSSR count). The highest BCUT2D eigenvalue weighted by atomic mass is 14.9. The van der Waals surface area contributed by atoms with Gasteiger partial charge < -0.3 is 11.1 Å². The summed E-state index contributed by atoms with van der Waals surface area (Å²) in [6.45, 7) is 2.75. The van der Waals surface area contributed by atoms with Crippen molar-refractivity contribution >= 4 is 0 Å². The fraction of sp³-hybridized carbons (Fsp3) is 0.583. The quantitative estimate of drug-likeness (QED) is 0.762. The fourth-order valence-corrected chi connectivity index (χ4v) is 2.10. The molecule has 3 N–H and O–H groups in total. The Balaban J connectivity index is 1.75. The van der Waals surface area contributed by atoms with E-state index in [-0.39, 0.29) is 0 Å². The summed E-state index contributed by atoms with van der Waals surface area (Å²) in [5.74, 6) is 0. The highest BCUT2D eigenvalue weighted by Gasteiger charge is 2.34. The molecule has 15 heavy (non-hydrogen) atoms. The summed E-state index contributed by atoms with van der Waals surface area (Å²) in [7, 11) is 0. The van der Waals surface area contributed by atoms with Crippen LogP contribution in [0.2, 0.25) is 0 Å². The van der Waals surface area contributed by atoms with Crippen molar-refractivity contribution in [2.24, 2.45) is 11.1 Å². The van der Waals surface area contributed by atoms with Gasteiger partial charge in [0, 0.05) is 25.5 Å².